The largest absolute Gasteiger partial charge is 0.393 e. The van der Waals surface area contributed by atoms with E-state index in [1.54, 1.807) is 0 Å². The van der Waals surface area contributed by atoms with Gasteiger partial charge in [0.15, 0.2) is 0 Å². The van der Waals surface area contributed by atoms with Crippen LogP contribution in [0.15, 0.2) is 0 Å². The van der Waals surface area contributed by atoms with Gasteiger partial charge in [-0.3, -0.25) is 0 Å². The summed E-state index contributed by atoms with van der Waals surface area (Å²) in [6.45, 7) is 1.58. The molecule has 0 aliphatic carbocycles. The van der Waals surface area contributed by atoms with Gasteiger partial charge < -0.3 is 9.84 Å². The maximum Gasteiger partial charge on any atom is 0.0579 e. The van der Waals surface area contributed by atoms with E-state index in [0.717, 1.165) is 32.5 Å². The molecule has 68 valence electrons. The molecule has 1 aliphatic heterocycles. The first kappa shape index (κ1) is 9.57. The van der Waals surface area contributed by atoms with E-state index in [1.807, 2.05) is 0 Å². The number of terminal acetylenes is 1. The van der Waals surface area contributed by atoms with Crippen LogP contribution in [0.4, 0.5) is 0 Å². The molecule has 1 unspecified atom stereocenters. The number of hydrogen-bond donors (Lipinski definition) is 1. The lowest BCUT2D eigenvalue weighted by molar-refractivity contribution is 0.00560. The van der Waals surface area contributed by atoms with Crippen molar-refractivity contribution in [3.8, 4) is 12.3 Å². The summed E-state index contributed by atoms with van der Waals surface area (Å²) in [5, 5.41) is 9.65. The minimum absolute atomic E-state index is 0.218. The summed E-state index contributed by atoms with van der Waals surface area (Å²) in [5.74, 6) is 2.96. The molecule has 2 heteroatoms. The van der Waals surface area contributed by atoms with Gasteiger partial charge in [0.25, 0.3) is 0 Å². The highest BCUT2D eigenvalue weighted by atomic mass is 16.5. The van der Waals surface area contributed by atoms with Gasteiger partial charge in [-0.15, -0.1) is 12.3 Å². The van der Waals surface area contributed by atoms with Gasteiger partial charge in [-0.05, 0) is 25.2 Å². The van der Waals surface area contributed by atoms with E-state index in [4.69, 9.17) is 11.2 Å². The van der Waals surface area contributed by atoms with Crippen LogP contribution in [0.3, 0.4) is 0 Å². The third-order valence-electron chi connectivity index (χ3n) is 2.39. The summed E-state index contributed by atoms with van der Waals surface area (Å²) in [6, 6.07) is 0. The SMILES string of the molecule is C#CCCC(O)C1CCOCC1. The van der Waals surface area contributed by atoms with Crippen molar-refractivity contribution >= 4 is 0 Å². The minimum Gasteiger partial charge on any atom is -0.393 e. The van der Waals surface area contributed by atoms with Crippen LogP contribution in [0.2, 0.25) is 0 Å². The van der Waals surface area contributed by atoms with Gasteiger partial charge in [0.05, 0.1) is 6.10 Å². The Balaban J connectivity index is 2.21. The van der Waals surface area contributed by atoms with Crippen LogP contribution < -0.4 is 0 Å². The minimum atomic E-state index is -0.218. The van der Waals surface area contributed by atoms with Crippen LogP contribution in [0.5, 0.6) is 0 Å². The van der Waals surface area contributed by atoms with Crippen LogP contribution in [0.25, 0.3) is 0 Å². The highest BCUT2D eigenvalue weighted by Crippen LogP contribution is 2.21. The normalized spacial score (nSPS) is 21.7. The molecule has 1 aliphatic rings. The van der Waals surface area contributed by atoms with Gasteiger partial charge >= 0.3 is 0 Å². The van der Waals surface area contributed by atoms with Crippen molar-refractivity contribution in [1.82, 2.24) is 0 Å². The number of aliphatic hydroxyl groups excluding tert-OH is 1. The van der Waals surface area contributed by atoms with E-state index in [9.17, 15) is 5.11 Å². The van der Waals surface area contributed by atoms with Gasteiger partial charge in [0.2, 0.25) is 0 Å². The molecular formula is C10H16O2. The molecule has 1 rings (SSSR count). The van der Waals surface area contributed by atoms with E-state index < -0.39 is 0 Å². The fraction of sp³-hybridized carbons (Fsp3) is 0.800. The highest BCUT2D eigenvalue weighted by molar-refractivity contribution is 4.85. The molecule has 0 aromatic carbocycles. The fourth-order valence-electron chi connectivity index (χ4n) is 1.57. The van der Waals surface area contributed by atoms with Gasteiger partial charge in [0, 0.05) is 19.6 Å². The van der Waals surface area contributed by atoms with Gasteiger partial charge in [-0.25, -0.2) is 0 Å². The second-order valence-corrected chi connectivity index (χ2v) is 3.26. The van der Waals surface area contributed by atoms with Gasteiger partial charge in [-0.2, -0.15) is 0 Å². The molecule has 1 saturated heterocycles. The lowest BCUT2D eigenvalue weighted by atomic mass is 9.91. The standard InChI is InChI=1S/C10H16O2/c1-2-3-4-10(11)9-5-7-12-8-6-9/h1,9-11H,3-8H2. The monoisotopic (exact) mass is 168 g/mol. The van der Waals surface area contributed by atoms with E-state index in [2.05, 4.69) is 5.92 Å². The first-order valence-electron chi connectivity index (χ1n) is 4.54. The van der Waals surface area contributed by atoms with Crippen molar-refractivity contribution in [3.63, 3.8) is 0 Å². The molecule has 0 spiro atoms. The molecule has 0 bridgehead atoms. The molecule has 2 nitrogen and oxygen atoms in total. The molecule has 12 heavy (non-hydrogen) atoms. The summed E-state index contributed by atoms with van der Waals surface area (Å²) >= 11 is 0. The average Bonchev–Trinajstić information content (AvgIpc) is 2.15. The predicted molar refractivity (Wildman–Crippen MR) is 47.6 cm³/mol. The molecule has 1 heterocycles. The zero-order valence-corrected chi connectivity index (χ0v) is 7.33. The molecule has 1 fully saturated rings. The van der Waals surface area contributed by atoms with E-state index in [1.165, 1.54) is 0 Å². The van der Waals surface area contributed by atoms with Crippen LogP contribution in [-0.4, -0.2) is 24.4 Å². The van der Waals surface area contributed by atoms with Crippen LogP contribution in [-0.2, 0) is 4.74 Å². The molecule has 0 radical (unpaired) electrons. The smallest absolute Gasteiger partial charge is 0.0579 e. The van der Waals surface area contributed by atoms with E-state index in [-0.39, 0.29) is 6.10 Å². The molecule has 0 aromatic rings. The zero-order valence-electron chi connectivity index (χ0n) is 7.33. The Hall–Kier alpha value is -0.520. The lowest BCUT2D eigenvalue weighted by Gasteiger charge is -2.26. The van der Waals surface area contributed by atoms with Crippen molar-refractivity contribution in [1.29, 1.82) is 0 Å². The maximum atomic E-state index is 9.65. The zero-order chi connectivity index (χ0) is 8.81. The van der Waals surface area contributed by atoms with Crippen LogP contribution in [0, 0.1) is 18.3 Å². The lowest BCUT2D eigenvalue weighted by Crippen LogP contribution is -2.27. The third kappa shape index (κ3) is 2.84. The van der Waals surface area contributed by atoms with Crippen molar-refractivity contribution in [2.75, 3.05) is 13.2 Å². The van der Waals surface area contributed by atoms with Crippen LogP contribution in [0.1, 0.15) is 25.7 Å². The number of rotatable bonds is 3. The molecular weight excluding hydrogens is 152 g/mol. The molecule has 0 aromatic heterocycles. The van der Waals surface area contributed by atoms with Crippen molar-refractivity contribution < 1.29 is 9.84 Å². The molecule has 0 saturated carbocycles. The third-order valence-corrected chi connectivity index (χ3v) is 2.39. The van der Waals surface area contributed by atoms with Crippen LogP contribution >= 0.6 is 0 Å². The predicted octanol–water partition coefficient (Wildman–Crippen LogP) is 1.19. The Morgan fingerprint density at radius 3 is 2.75 bits per heavy atom. The number of hydrogen-bond acceptors (Lipinski definition) is 2. The second kappa shape index (κ2) is 5.18. The van der Waals surface area contributed by atoms with Crippen molar-refractivity contribution in [3.05, 3.63) is 0 Å². The van der Waals surface area contributed by atoms with Gasteiger partial charge in [0.1, 0.15) is 0 Å². The summed E-state index contributed by atoms with van der Waals surface area (Å²) in [5.41, 5.74) is 0. The fourth-order valence-corrected chi connectivity index (χ4v) is 1.57. The second-order valence-electron chi connectivity index (χ2n) is 3.26. The molecule has 1 N–H and O–H groups in total. The maximum absolute atomic E-state index is 9.65. The average molecular weight is 168 g/mol. The van der Waals surface area contributed by atoms with Crippen molar-refractivity contribution in [2.45, 2.75) is 31.8 Å². The molecule has 1 atom stereocenters. The quantitative estimate of drug-likeness (QED) is 0.641. The number of aliphatic hydroxyl groups is 1. The highest BCUT2D eigenvalue weighted by Gasteiger charge is 2.21. The summed E-state index contributed by atoms with van der Waals surface area (Å²) in [6.07, 6.45) is 8.28. The first-order chi connectivity index (χ1) is 5.84. The van der Waals surface area contributed by atoms with E-state index >= 15 is 0 Å². The first-order valence-corrected chi connectivity index (χ1v) is 4.54. The van der Waals surface area contributed by atoms with Crippen molar-refractivity contribution in [2.24, 2.45) is 5.92 Å². The Bertz CT molecular complexity index is 154. The summed E-state index contributed by atoms with van der Waals surface area (Å²) in [4.78, 5) is 0. The topological polar surface area (TPSA) is 29.5 Å². The Morgan fingerprint density at radius 2 is 2.17 bits per heavy atom. The number of ether oxygens (including phenoxy) is 1. The molecule has 0 amide bonds. The Morgan fingerprint density at radius 1 is 1.50 bits per heavy atom. The Kier molecular flexibility index (Phi) is 4.13. The summed E-state index contributed by atoms with van der Waals surface area (Å²) in [7, 11) is 0. The summed E-state index contributed by atoms with van der Waals surface area (Å²) < 4.78 is 5.20. The Labute approximate surface area is 73.9 Å². The van der Waals surface area contributed by atoms with E-state index in [0.29, 0.717) is 12.3 Å². The van der Waals surface area contributed by atoms with Gasteiger partial charge in [-0.1, -0.05) is 0 Å².